The molecule has 3 rings (SSSR count). The molecular formula is C17H14N2O3S. The lowest BCUT2D eigenvalue weighted by Gasteiger charge is -1.98. The van der Waals surface area contributed by atoms with Crippen LogP contribution in [-0.2, 0) is 0 Å². The van der Waals surface area contributed by atoms with Crippen molar-refractivity contribution in [1.82, 2.24) is 9.97 Å². The van der Waals surface area contributed by atoms with E-state index in [-0.39, 0.29) is 21.8 Å². The standard InChI is InChI=1S/C17H14N2O3S/c1-22-12-6-4-11(5-7-12)9-14-16(20)19-15(17(21)18-14)10-13-3-2-8-23-13/h2-10H,1H3,(H,18,21)(H,19,20)/b14-9-,15-10-. The number of benzene rings is 1. The van der Waals surface area contributed by atoms with Gasteiger partial charge < -0.3 is 14.7 Å². The molecule has 0 atom stereocenters. The first-order valence-electron chi connectivity index (χ1n) is 6.89. The van der Waals surface area contributed by atoms with Gasteiger partial charge in [0, 0.05) is 4.88 Å². The summed E-state index contributed by atoms with van der Waals surface area (Å²) in [6.45, 7) is 0. The summed E-state index contributed by atoms with van der Waals surface area (Å²) in [7, 11) is 1.59. The third-order valence-electron chi connectivity index (χ3n) is 3.24. The third-order valence-corrected chi connectivity index (χ3v) is 4.06. The highest BCUT2D eigenvalue weighted by molar-refractivity contribution is 7.10. The van der Waals surface area contributed by atoms with Crippen LogP contribution in [0.25, 0.3) is 12.2 Å². The molecule has 5 nitrogen and oxygen atoms in total. The Kier molecular flexibility index (Phi) is 4.25. The van der Waals surface area contributed by atoms with E-state index < -0.39 is 0 Å². The number of aromatic amines is 2. The van der Waals surface area contributed by atoms with Crippen LogP contribution in [0.3, 0.4) is 0 Å². The number of aromatic nitrogens is 2. The molecule has 0 aliphatic heterocycles. The second-order valence-electron chi connectivity index (χ2n) is 4.81. The Morgan fingerprint density at radius 2 is 1.61 bits per heavy atom. The lowest BCUT2D eigenvalue weighted by Crippen LogP contribution is -2.46. The Bertz CT molecular complexity index is 1030. The summed E-state index contributed by atoms with van der Waals surface area (Å²) < 4.78 is 5.09. The van der Waals surface area contributed by atoms with Crippen molar-refractivity contribution in [1.29, 1.82) is 0 Å². The van der Waals surface area contributed by atoms with Crippen molar-refractivity contribution in [3.8, 4) is 5.75 Å². The maximum absolute atomic E-state index is 12.1. The molecular weight excluding hydrogens is 312 g/mol. The first-order chi connectivity index (χ1) is 11.2. The van der Waals surface area contributed by atoms with E-state index in [1.807, 2.05) is 29.6 Å². The molecule has 0 fully saturated rings. The summed E-state index contributed by atoms with van der Waals surface area (Å²) >= 11 is 1.49. The van der Waals surface area contributed by atoms with Gasteiger partial charge in [0.15, 0.2) is 0 Å². The number of hydrogen-bond acceptors (Lipinski definition) is 4. The molecule has 0 radical (unpaired) electrons. The summed E-state index contributed by atoms with van der Waals surface area (Å²) in [5.41, 5.74) is 0.114. The number of methoxy groups -OCH3 is 1. The molecule has 6 heteroatoms. The van der Waals surface area contributed by atoms with Crippen molar-refractivity contribution in [2.45, 2.75) is 0 Å². The predicted molar refractivity (Wildman–Crippen MR) is 91.4 cm³/mol. The lowest BCUT2D eigenvalue weighted by atomic mass is 10.2. The van der Waals surface area contributed by atoms with Crippen LogP contribution in [0.1, 0.15) is 10.4 Å². The van der Waals surface area contributed by atoms with Gasteiger partial charge in [-0.1, -0.05) is 18.2 Å². The molecule has 0 amide bonds. The van der Waals surface area contributed by atoms with Gasteiger partial charge >= 0.3 is 0 Å². The van der Waals surface area contributed by atoms with Gasteiger partial charge in [-0.25, -0.2) is 0 Å². The van der Waals surface area contributed by atoms with Gasteiger partial charge in [-0.05, 0) is 41.3 Å². The van der Waals surface area contributed by atoms with Crippen molar-refractivity contribution >= 4 is 23.5 Å². The minimum absolute atomic E-state index is 0.212. The van der Waals surface area contributed by atoms with Crippen molar-refractivity contribution in [3.05, 3.63) is 83.6 Å². The third kappa shape index (κ3) is 3.49. The van der Waals surface area contributed by atoms with Crippen molar-refractivity contribution in [2.75, 3.05) is 7.11 Å². The zero-order valence-corrected chi connectivity index (χ0v) is 13.1. The highest BCUT2D eigenvalue weighted by atomic mass is 32.1. The Hall–Kier alpha value is -2.86. The normalized spacial score (nSPS) is 12.6. The predicted octanol–water partition coefficient (Wildman–Crippen LogP) is 0.791. The van der Waals surface area contributed by atoms with Crippen LogP contribution in [0.15, 0.2) is 51.4 Å². The number of hydrogen-bond donors (Lipinski definition) is 2. The molecule has 3 aromatic rings. The van der Waals surface area contributed by atoms with Crippen LogP contribution in [0.5, 0.6) is 5.75 Å². The number of H-pyrrole nitrogens is 2. The van der Waals surface area contributed by atoms with E-state index in [0.717, 1.165) is 16.2 Å². The van der Waals surface area contributed by atoms with Crippen LogP contribution < -0.4 is 26.6 Å². The maximum Gasteiger partial charge on any atom is 0.272 e. The first kappa shape index (κ1) is 15.1. The molecule has 2 N–H and O–H groups in total. The molecule has 0 unspecified atom stereocenters. The first-order valence-corrected chi connectivity index (χ1v) is 7.77. The Labute approximate surface area is 135 Å². The highest BCUT2D eigenvalue weighted by Gasteiger charge is 1.98. The van der Waals surface area contributed by atoms with Crippen LogP contribution in [0.4, 0.5) is 0 Å². The summed E-state index contributed by atoms with van der Waals surface area (Å²) in [5.74, 6) is 0.727. The van der Waals surface area contributed by atoms with E-state index in [4.69, 9.17) is 4.74 Å². The van der Waals surface area contributed by atoms with Gasteiger partial charge in [0.05, 0.1) is 7.11 Å². The smallest absolute Gasteiger partial charge is 0.272 e. The van der Waals surface area contributed by atoms with Gasteiger partial charge in [-0.3, -0.25) is 9.59 Å². The minimum atomic E-state index is -0.344. The van der Waals surface area contributed by atoms with Crippen molar-refractivity contribution in [3.63, 3.8) is 0 Å². The molecule has 23 heavy (non-hydrogen) atoms. The molecule has 0 saturated carbocycles. The number of thiophene rings is 1. The average molecular weight is 326 g/mol. The van der Waals surface area contributed by atoms with E-state index in [1.54, 1.807) is 31.4 Å². The van der Waals surface area contributed by atoms with E-state index in [9.17, 15) is 9.59 Å². The van der Waals surface area contributed by atoms with Crippen molar-refractivity contribution < 1.29 is 4.74 Å². The average Bonchev–Trinajstić information content (AvgIpc) is 3.06. The summed E-state index contributed by atoms with van der Waals surface area (Å²) in [4.78, 5) is 30.4. The summed E-state index contributed by atoms with van der Waals surface area (Å²) in [5, 5.41) is 2.36. The van der Waals surface area contributed by atoms with Crippen molar-refractivity contribution in [2.24, 2.45) is 0 Å². The fraction of sp³-hybridized carbons (Fsp3) is 0.0588. The van der Waals surface area contributed by atoms with E-state index in [2.05, 4.69) is 9.97 Å². The molecule has 0 bridgehead atoms. The Morgan fingerprint density at radius 1 is 0.957 bits per heavy atom. The summed E-state index contributed by atoms with van der Waals surface area (Å²) in [6.07, 6.45) is 3.27. The molecule has 0 aliphatic rings. The van der Waals surface area contributed by atoms with Crippen LogP contribution in [0, 0.1) is 0 Å². The van der Waals surface area contributed by atoms with Gasteiger partial charge in [0.25, 0.3) is 11.1 Å². The summed E-state index contributed by atoms with van der Waals surface area (Å²) in [6, 6.07) is 11.0. The minimum Gasteiger partial charge on any atom is -0.497 e. The zero-order chi connectivity index (χ0) is 16.2. The molecule has 1 aromatic carbocycles. The lowest BCUT2D eigenvalue weighted by molar-refractivity contribution is 0.415. The second-order valence-corrected chi connectivity index (χ2v) is 5.79. The molecule has 2 aromatic heterocycles. The molecule has 2 heterocycles. The monoisotopic (exact) mass is 326 g/mol. The van der Waals surface area contributed by atoms with Crippen LogP contribution >= 0.6 is 11.3 Å². The van der Waals surface area contributed by atoms with Gasteiger partial charge in [-0.15, -0.1) is 11.3 Å². The van der Waals surface area contributed by atoms with E-state index >= 15 is 0 Å². The number of ether oxygens (including phenoxy) is 1. The molecule has 116 valence electrons. The Balaban J connectivity index is 2.08. The topological polar surface area (TPSA) is 75.0 Å². The van der Waals surface area contributed by atoms with Gasteiger partial charge in [0.1, 0.15) is 16.4 Å². The van der Waals surface area contributed by atoms with Crippen LogP contribution in [-0.4, -0.2) is 17.1 Å². The quantitative estimate of drug-likeness (QED) is 0.747. The zero-order valence-electron chi connectivity index (χ0n) is 12.3. The van der Waals surface area contributed by atoms with E-state index in [1.165, 1.54) is 11.3 Å². The molecule has 0 aliphatic carbocycles. The number of nitrogens with one attached hydrogen (secondary N) is 2. The largest absolute Gasteiger partial charge is 0.497 e. The second kappa shape index (κ2) is 6.50. The Morgan fingerprint density at radius 3 is 2.17 bits per heavy atom. The fourth-order valence-electron chi connectivity index (χ4n) is 2.08. The van der Waals surface area contributed by atoms with Gasteiger partial charge in [0.2, 0.25) is 0 Å². The highest BCUT2D eigenvalue weighted by Crippen LogP contribution is 2.11. The fourth-order valence-corrected chi connectivity index (χ4v) is 2.74. The van der Waals surface area contributed by atoms with Gasteiger partial charge in [-0.2, -0.15) is 0 Å². The SMILES string of the molecule is COc1ccc(/C=c2\[nH]c(=O)/c(=C/c3cccs3)[nH]c2=O)cc1. The number of rotatable bonds is 3. The van der Waals surface area contributed by atoms with Crippen LogP contribution in [0.2, 0.25) is 0 Å². The molecule has 0 spiro atoms. The van der Waals surface area contributed by atoms with E-state index in [0.29, 0.717) is 0 Å². The molecule has 0 saturated heterocycles. The maximum atomic E-state index is 12.1.